The molecule has 0 spiro atoms. The fourth-order valence-corrected chi connectivity index (χ4v) is 5.23. The third kappa shape index (κ3) is 3.97. The molecule has 2 N–H and O–H groups in total. The third-order valence-corrected chi connectivity index (χ3v) is 7.49. The summed E-state index contributed by atoms with van der Waals surface area (Å²) in [7, 11) is -3.56. The Morgan fingerprint density at radius 1 is 0.967 bits per heavy atom. The lowest BCUT2D eigenvalue weighted by Gasteiger charge is -2.39. The topological polar surface area (TPSA) is 104 Å². The monoisotopic (exact) mass is 428 g/mol. The number of hydrogen-bond acceptors (Lipinski definition) is 4. The van der Waals surface area contributed by atoms with Crippen LogP contribution in [0.4, 0.5) is 0 Å². The van der Waals surface area contributed by atoms with Crippen molar-refractivity contribution in [1.82, 2.24) is 9.62 Å². The van der Waals surface area contributed by atoms with Gasteiger partial charge in [-0.05, 0) is 55.5 Å². The van der Waals surface area contributed by atoms with Gasteiger partial charge in [0, 0.05) is 24.7 Å². The van der Waals surface area contributed by atoms with Crippen molar-refractivity contribution in [1.29, 1.82) is 0 Å². The molecule has 0 radical (unpaired) electrons. The maximum Gasteiger partial charge on any atom is 0.314 e. The van der Waals surface area contributed by atoms with Crippen LogP contribution in [0.1, 0.15) is 41.6 Å². The van der Waals surface area contributed by atoms with E-state index in [1.54, 1.807) is 4.90 Å². The third-order valence-electron chi connectivity index (χ3n) is 5.95. The van der Waals surface area contributed by atoms with E-state index in [1.807, 2.05) is 30.3 Å². The lowest BCUT2D eigenvalue weighted by molar-refractivity contribution is -0.145. The molecule has 1 amide bonds. The molecule has 158 valence electrons. The van der Waals surface area contributed by atoms with Crippen molar-refractivity contribution >= 4 is 21.9 Å². The summed E-state index contributed by atoms with van der Waals surface area (Å²) in [4.78, 5) is 26.7. The molecule has 0 atom stereocenters. The first kappa shape index (κ1) is 20.6. The first-order valence-electron chi connectivity index (χ1n) is 10.0. The molecule has 2 fully saturated rings. The molecule has 0 aromatic heterocycles. The zero-order valence-corrected chi connectivity index (χ0v) is 17.3. The van der Waals surface area contributed by atoms with E-state index in [2.05, 4.69) is 4.72 Å². The Morgan fingerprint density at radius 2 is 1.57 bits per heavy atom. The summed E-state index contributed by atoms with van der Waals surface area (Å²) in [5.74, 6) is -1.10. The number of carbonyl (C=O) groups is 2. The summed E-state index contributed by atoms with van der Waals surface area (Å²) in [6, 6.07) is 15.1. The molecule has 1 saturated heterocycles. The minimum Gasteiger partial charge on any atom is -0.481 e. The number of nitrogens with zero attached hydrogens (tertiary/aromatic N) is 1. The summed E-state index contributed by atoms with van der Waals surface area (Å²) < 4.78 is 27.2. The highest BCUT2D eigenvalue weighted by molar-refractivity contribution is 7.89. The summed E-state index contributed by atoms with van der Waals surface area (Å²) in [6.45, 7) is 0.645. The van der Waals surface area contributed by atoms with Gasteiger partial charge in [0.1, 0.15) is 0 Å². The number of carboxylic acids is 1. The van der Waals surface area contributed by atoms with E-state index < -0.39 is 21.4 Å². The zero-order chi connectivity index (χ0) is 21.4. The number of carboxylic acid groups (broad SMARTS) is 1. The number of nitrogens with one attached hydrogen (secondary N) is 1. The van der Waals surface area contributed by atoms with Crippen molar-refractivity contribution in [3.05, 3.63) is 65.7 Å². The highest BCUT2D eigenvalue weighted by atomic mass is 32.2. The SMILES string of the molecule is O=C(c1ccc(S(=O)(=O)NC2CC2)cc1)N1CCC(C(=O)O)(c2ccccc2)CC1. The molecule has 8 heteroatoms. The summed E-state index contributed by atoms with van der Waals surface area (Å²) in [5, 5.41) is 9.89. The number of amides is 1. The van der Waals surface area contributed by atoms with Crippen LogP contribution in [0.5, 0.6) is 0 Å². The van der Waals surface area contributed by atoms with Gasteiger partial charge in [-0.15, -0.1) is 0 Å². The van der Waals surface area contributed by atoms with Crippen LogP contribution in [0.3, 0.4) is 0 Å². The largest absolute Gasteiger partial charge is 0.481 e. The van der Waals surface area contributed by atoms with Gasteiger partial charge >= 0.3 is 5.97 Å². The Kier molecular flexibility index (Phi) is 5.38. The van der Waals surface area contributed by atoms with Crippen LogP contribution in [0.2, 0.25) is 0 Å². The Hall–Kier alpha value is -2.71. The average molecular weight is 429 g/mol. The van der Waals surface area contributed by atoms with Crippen LogP contribution in [0.25, 0.3) is 0 Å². The molecule has 2 aliphatic rings. The van der Waals surface area contributed by atoms with Crippen LogP contribution >= 0.6 is 0 Å². The minimum atomic E-state index is -3.56. The number of piperidine rings is 1. The van der Waals surface area contributed by atoms with Crippen molar-refractivity contribution in [2.24, 2.45) is 0 Å². The van der Waals surface area contributed by atoms with E-state index in [9.17, 15) is 23.1 Å². The van der Waals surface area contributed by atoms with Gasteiger partial charge in [0.15, 0.2) is 0 Å². The standard InChI is InChI=1S/C22H24N2O5S/c25-20(16-6-10-19(11-7-16)30(28,29)23-18-8-9-18)24-14-12-22(13-15-24,21(26)27)17-4-2-1-3-5-17/h1-7,10-11,18,23H,8-9,12-15H2,(H,26,27). The fraction of sp³-hybridized carbons (Fsp3) is 0.364. The van der Waals surface area contributed by atoms with Gasteiger partial charge in [0.2, 0.25) is 10.0 Å². The second kappa shape index (κ2) is 7.85. The molecule has 0 unspecified atom stereocenters. The molecule has 4 rings (SSSR count). The van der Waals surface area contributed by atoms with E-state index in [0.29, 0.717) is 31.5 Å². The molecule has 30 heavy (non-hydrogen) atoms. The first-order valence-corrected chi connectivity index (χ1v) is 11.5. The molecule has 2 aromatic carbocycles. The molecule has 0 bridgehead atoms. The molecule has 2 aromatic rings. The second-order valence-corrected chi connectivity index (χ2v) is 9.68. The van der Waals surface area contributed by atoms with Crippen molar-refractivity contribution in [3.63, 3.8) is 0 Å². The normalized spacial score (nSPS) is 18.7. The predicted molar refractivity (Wildman–Crippen MR) is 111 cm³/mol. The summed E-state index contributed by atoms with van der Waals surface area (Å²) >= 11 is 0. The van der Waals surface area contributed by atoms with Gasteiger partial charge in [-0.2, -0.15) is 0 Å². The van der Waals surface area contributed by atoms with Gasteiger partial charge in [-0.3, -0.25) is 9.59 Å². The molecule has 1 aliphatic carbocycles. The fourth-order valence-electron chi connectivity index (χ4n) is 3.92. The molecule has 1 saturated carbocycles. The van der Waals surface area contributed by atoms with Crippen LogP contribution in [0, 0.1) is 0 Å². The van der Waals surface area contributed by atoms with E-state index >= 15 is 0 Å². The number of sulfonamides is 1. The van der Waals surface area contributed by atoms with E-state index in [1.165, 1.54) is 24.3 Å². The number of aliphatic carboxylic acids is 1. The Morgan fingerprint density at radius 3 is 2.10 bits per heavy atom. The molecular weight excluding hydrogens is 404 g/mol. The van der Waals surface area contributed by atoms with Crippen molar-refractivity contribution in [3.8, 4) is 0 Å². The van der Waals surface area contributed by atoms with Crippen LogP contribution in [-0.4, -0.2) is 49.4 Å². The smallest absolute Gasteiger partial charge is 0.314 e. The molecule has 1 heterocycles. The zero-order valence-electron chi connectivity index (χ0n) is 16.5. The van der Waals surface area contributed by atoms with E-state index in [0.717, 1.165) is 18.4 Å². The van der Waals surface area contributed by atoms with Crippen molar-refractivity contribution in [2.75, 3.05) is 13.1 Å². The number of benzene rings is 2. The van der Waals surface area contributed by atoms with E-state index in [-0.39, 0.29) is 16.8 Å². The number of carbonyl (C=O) groups excluding carboxylic acids is 1. The highest BCUT2D eigenvalue weighted by Crippen LogP contribution is 2.36. The Bertz CT molecular complexity index is 1040. The van der Waals surface area contributed by atoms with Gasteiger partial charge in [-0.1, -0.05) is 30.3 Å². The Labute approximate surface area is 175 Å². The second-order valence-electron chi connectivity index (χ2n) is 7.97. The maximum absolute atomic E-state index is 12.9. The van der Waals surface area contributed by atoms with Crippen LogP contribution in [-0.2, 0) is 20.2 Å². The lowest BCUT2D eigenvalue weighted by Crippen LogP contribution is -2.49. The van der Waals surface area contributed by atoms with Crippen LogP contribution in [0.15, 0.2) is 59.5 Å². The van der Waals surface area contributed by atoms with Crippen molar-refractivity contribution < 1.29 is 23.1 Å². The quantitative estimate of drug-likeness (QED) is 0.735. The lowest BCUT2D eigenvalue weighted by atomic mass is 9.73. The summed E-state index contributed by atoms with van der Waals surface area (Å²) in [5.41, 5.74) is 0.148. The van der Waals surface area contributed by atoms with Gasteiger partial charge in [0.25, 0.3) is 5.91 Å². The number of hydrogen-bond donors (Lipinski definition) is 2. The van der Waals surface area contributed by atoms with Crippen LogP contribution < -0.4 is 4.72 Å². The number of likely N-dealkylation sites (tertiary alicyclic amines) is 1. The summed E-state index contributed by atoms with van der Waals surface area (Å²) in [6.07, 6.45) is 2.36. The molecule has 7 nitrogen and oxygen atoms in total. The highest BCUT2D eigenvalue weighted by Gasteiger charge is 2.43. The predicted octanol–water partition coefficient (Wildman–Crippen LogP) is 2.39. The minimum absolute atomic E-state index is 0.0174. The first-order chi connectivity index (χ1) is 14.3. The maximum atomic E-state index is 12.9. The van der Waals surface area contributed by atoms with Gasteiger partial charge in [-0.25, -0.2) is 13.1 Å². The number of rotatable bonds is 6. The Balaban J connectivity index is 1.46. The average Bonchev–Trinajstić information content (AvgIpc) is 3.57. The molecular formula is C22H24N2O5S. The van der Waals surface area contributed by atoms with Crippen molar-refractivity contribution in [2.45, 2.75) is 42.0 Å². The van der Waals surface area contributed by atoms with Gasteiger partial charge in [0.05, 0.1) is 10.3 Å². The van der Waals surface area contributed by atoms with Gasteiger partial charge < -0.3 is 10.0 Å². The van der Waals surface area contributed by atoms with E-state index in [4.69, 9.17) is 0 Å². The molecule has 1 aliphatic heterocycles.